The first-order valence-corrected chi connectivity index (χ1v) is 9.74. The number of hydrogen-bond acceptors (Lipinski definition) is 5. The molecule has 1 aromatic carbocycles. The Morgan fingerprint density at radius 2 is 1.79 bits per heavy atom. The van der Waals surface area contributed by atoms with Crippen LogP contribution in [0.1, 0.15) is 23.2 Å². The number of aliphatic hydroxyl groups excluding tert-OH is 1. The van der Waals surface area contributed by atoms with Gasteiger partial charge in [0, 0.05) is 49.4 Å². The van der Waals surface area contributed by atoms with Gasteiger partial charge in [-0.1, -0.05) is 0 Å². The van der Waals surface area contributed by atoms with Gasteiger partial charge in [-0.2, -0.15) is 5.10 Å². The summed E-state index contributed by atoms with van der Waals surface area (Å²) in [4.78, 5) is 17.3. The van der Waals surface area contributed by atoms with Crippen molar-refractivity contribution >= 4 is 28.5 Å². The van der Waals surface area contributed by atoms with Gasteiger partial charge in [-0.05, 0) is 49.2 Å². The Bertz CT molecular complexity index is 1000. The number of aromatic nitrogens is 2. The number of hydrogen-bond donors (Lipinski definition) is 2. The first kappa shape index (κ1) is 17.1. The van der Waals surface area contributed by atoms with Crippen molar-refractivity contribution in [2.75, 3.05) is 41.3 Å². The monoisotopic (exact) mass is 377 g/mol. The van der Waals surface area contributed by atoms with Gasteiger partial charge >= 0.3 is 0 Å². The molecule has 7 heteroatoms. The van der Waals surface area contributed by atoms with Crippen molar-refractivity contribution in [3.8, 4) is 0 Å². The highest BCUT2D eigenvalue weighted by atomic mass is 16.3. The third kappa shape index (κ3) is 3.07. The van der Waals surface area contributed by atoms with E-state index in [0.29, 0.717) is 18.7 Å². The summed E-state index contributed by atoms with van der Waals surface area (Å²) in [5.41, 5.74) is 4.31. The lowest BCUT2D eigenvalue weighted by Gasteiger charge is -2.37. The zero-order chi connectivity index (χ0) is 19.1. The lowest BCUT2D eigenvalue weighted by Crippen LogP contribution is -2.50. The molecule has 2 aliphatic rings. The maximum absolute atomic E-state index is 12.8. The van der Waals surface area contributed by atoms with Crippen LogP contribution in [0.5, 0.6) is 0 Å². The Balaban J connectivity index is 1.34. The average Bonchev–Trinajstić information content (AvgIpc) is 3.35. The number of benzene rings is 1. The van der Waals surface area contributed by atoms with E-state index in [9.17, 15) is 9.90 Å². The highest BCUT2D eigenvalue weighted by molar-refractivity contribution is 6.09. The number of anilines is 3. The number of rotatable bonds is 4. The van der Waals surface area contributed by atoms with E-state index >= 15 is 0 Å². The van der Waals surface area contributed by atoms with Gasteiger partial charge < -0.3 is 20.2 Å². The molecule has 0 bridgehead atoms. The number of aliphatic hydroxyl groups is 1. The molecule has 0 unspecified atom stereocenters. The summed E-state index contributed by atoms with van der Waals surface area (Å²) in [6.45, 7) is 3.44. The molecule has 2 aromatic heterocycles. The SMILES string of the molecule is O=C(Nc1ccc(N2CC(O)C2)cc1)c1cnn2ccc(N3CCCC3)cc12. The van der Waals surface area contributed by atoms with Gasteiger partial charge in [0.05, 0.1) is 23.4 Å². The Hall–Kier alpha value is -3.06. The quantitative estimate of drug-likeness (QED) is 0.730. The fourth-order valence-electron chi connectivity index (χ4n) is 3.94. The number of β-amino-alcohol motifs (C(OH)–C–C–N with tert-alkyl or cyclic N) is 1. The van der Waals surface area contributed by atoms with E-state index in [1.165, 1.54) is 12.8 Å². The van der Waals surface area contributed by atoms with Crippen LogP contribution in [0.4, 0.5) is 17.1 Å². The number of fused-ring (bicyclic) bond motifs is 1. The maximum atomic E-state index is 12.8. The van der Waals surface area contributed by atoms with Crippen LogP contribution in [0.25, 0.3) is 5.52 Å². The third-order valence-corrected chi connectivity index (χ3v) is 5.57. The third-order valence-electron chi connectivity index (χ3n) is 5.57. The molecule has 28 heavy (non-hydrogen) atoms. The molecular weight excluding hydrogens is 354 g/mol. The minimum atomic E-state index is -0.236. The molecule has 4 heterocycles. The van der Waals surface area contributed by atoms with E-state index in [1.807, 2.05) is 36.5 Å². The van der Waals surface area contributed by atoms with Crippen molar-refractivity contribution in [3.63, 3.8) is 0 Å². The number of carbonyl (C=O) groups excluding carboxylic acids is 1. The minimum Gasteiger partial charge on any atom is -0.389 e. The lowest BCUT2D eigenvalue weighted by atomic mass is 10.1. The zero-order valence-corrected chi connectivity index (χ0v) is 15.6. The van der Waals surface area contributed by atoms with Crippen molar-refractivity contribution in [2.24, 2.45) is 0 Å². The van der Waals surface area contributed by atoms with Crippen molar-refractivity contribution in [1.82, 2.24) is 9.61 Å². The number of nitrogens with one attached hydrogen (secondary N) is 1. The van der Waals surface area contributed by atoms with Gasteiger partial charge in [0.25, 0.3) is 5.91 Å². The van der Waals surface area contributed by atoms with Crippen LogP contribution in [-0.2, 0) is 0 Å². The number of pyridine rings is 1. The molecule has 5 rings (SSSR count). The highest BCUT2D eigenvalue weighted by Crippen LogP contribution is 2.25. The molecule has 2 N–H and O–H groups in total. The van der Waals surface area contributed by atoms with Crippen molar-refractivity contribution < 1.29 is 9.90 Å². The number of carbonyl (C=O) groups is 1. The van der Waals surface area contributed by atoms with Crippen LogP contribution in [0.2, 0.25) is 0 Å². The van der Waals surface area contributed by atoms with E-state index in [2.05, 4.69) is 26.3 Å². The second kappa shape index (κ2) is 6.83. The molecular formula is C21H23N5O2. The molecule has 3 aromatic rings. The molecule has 0 atom stereocenters. The van der Waals surface area contributed by atoms with Crippen LogP contribution in [0, 0.1) is 0 Å². The Labute approximate surface area is 163 Å². The summed E-state index contributed by atoms with van der Waals surface area (Å²) >= 11 is 0. The fourth-order valence-corrected chi connectivity index (χ4v) is 3.94. The summed E-state index contributed by atoms with van der Waals surface area (Å²) in [5, 5.41) is 16.7. The van der Waals surface area contributed by atoms with Crippen LogP contribution >= 0.6 is 0 Å². The predicted octanol–water partition coefficient (Wildman–Crippen LogP) is 2.37. The van der Waals surface area contributed by atoms with E-state index in [4.69, 9.17) is 0 Å². The fraction of sp³-hybridized carbons (Fsp3) is 0.333. The van der Waals surface area contributed by atoms with Gasteiger partial charge in [0.15, 0.2) is 0 Å². The Morgan fingerprint density at radius 1 is 1.04 bits per heavy atom. The molecule has 1 amide bonds. The smallest absolute Gasteiger partial charge is 0.259 e. The van der Waals surface area contributed by atoms with Gasteiger partial charge in [0.1, 0.15) is 0 Å². The van der Waals surface area contributed by atoms with Crippen LogP contribution in [-0.4, -0.2) is 52.9 Å². The normalized spacial score (nSPS) is 17.2. The van der Waals surface area contributed by atoms with Crippen LogP contribution in [0.3, 0.4) is 0 Å². The van der Waals surface area contributed by atoms with Gasteiger partial charge in [0.2, 0.25) is 0 Å². The Kier molecular flexibility index (Phi) is 4.16. The second-order valence-corrected chi connectivity index (χ2v) is 7.53. The predicted molar refractivity (Wildman–Crippen MR) is 109 cm³/mol. The van der Waals surface area contributed by atoms with Crippen molar-refractivity contribution in [1.29, 1.82) is 0 Å². The summed E-state index contributed by atoms with van der Waals surface area (Å²) in [5.74, 6) is -0.166. The molecule has 0 saturated carbocycles. The van der Waals surface area contributed by atoms with E-state index in [1.54, 1.807) is 10.7 Å². The summed E-state index contributed by atoms with van der Waals surface area (Å²) in [7, 11) is 0. The van der Waals surface area contributed by atoms with Gasteiger partial charge in [-0.25, -0.2) is 4.52 Å². The highest BCUT2D eigenvalue weighted by Gasteiger charge is 2.24. The van der Waals surface area contributed by atoms with E-state index in [0.717, 1.165) is 35.7 Å². The van der Waals surface area contributed by atoms with Crippen LogP contribution in [0.15, 0.2) is 48.8 Å². The summed E-state index contributed by atoms with van der Waals surface area (Å²) in [6, 6.07) is 11.8. The second-order valence-electron chi connectivity index (χ2n) is 7.53. The molecule has 7 nitrogen and oxygen atoms in total. The largest absolute Gasteiger partial charge is 0.389 e. The minimum absolute atomic E-state index is 0.166. The van der Waals surface area contributed by atoms with Gasteiger partial charge in [-0.15, -0.1) is 0 Å². The zero-order valence-electron chi connectivity index (χ0n) is 15.6. The van der Waals surface area contributed by atoms with Crippen molar-refractivity contribution in [2.45, 2.75) is 18.9 Å². The molecule has 2 saturated heterocycles. The number of nitrogens with zero attached hydrogens (tertiary/aromatic N) is 4. The molecule has 2 fully saturated rings. The topological polar surface area (TPSA) is 73.1 Å². The average molecular weight is 377 g/mol. The van der Waals surface area contributed by atoms with Gasteiger partial charge in [-0.3, -0.25) is 4.79 Å². The first-order valence-electron chi connectivity index (χ1n) is 9.74. The molecule has 144 valence electrons. The summed E-state index contributed by atoms with van der Waals surface area (Å²) < 4.78 is 1.74. The molecule has 2 aliphatic heterocycles. The van der Waals surface area contributed by atoms with Crippen LogP contribution < -0.4 is 15.1 Å². The molecule has 0 aliphatic carbocycles. The first-order chi connectivity index (χ1) is 13.7. The van der Waals surface area contributed by atoms with E-state index < -0.39 is 0 Å². The Morgan fingerprint density at radius 3 is 2.50 bits per heavy atom. The maximum Gasteiger partial charge on any atom is 0.259 e. The standard InChI is InChI=1S/C21H23N5O2/c27-18-13-25(14-18)16-5-3-15(4-6-16)23-21(28)19-12-22-26-10-7-17(11-20(19)26)24-8-1-2-9-24/h3-7,10-12,18,27H,1-2,8-9,13-14H2,(H,23,28). The molecule has 0 radical (unpaired) electrons. The summed E-state index contributed by atoms with van der Waals surface area (Å²) in [6.07, 6.45) is 5.72. The molecule has 0 spiro atoms. The number of amides is 1. The van der Waals surface area contributed by atoms with E-state index in [-0.39, 0.29) is 12.0 Å². The lowest BCUT2D eigenvalue weighted by molar-refractivity contribution is 0.102. The van der Waals surface area contributed by atoms with Crippen molar-refractivity contribution in [3.05, 3.63) is 54.4 Å².